The Balaban J connectivity index is 1.61. The molecule has 0 bridgehead atoms. The van der Waals surface area contributed by atoms with Crippen molar-refractivity contribution < 1.29 is 23.1 Å². The third-order valence-corrected chi connectivity index (χ3v) is 9.06. The van der Waals surface area contributed by atoms with E-state index in [-0.39, 0.29) is 23.1 Å². The second-order valence-corrected chi connectivity index (χ2v) is 11.5. The Labute approximate surface area is 232 Å². The van der Waals surface area contributed by atoms with Gasteiger partial charge in [0.25, 0.3) is 5.56 Å². The van der Waals surface area contributed by atoms with Gasteiger partial charge in [0.2, 0.25) is 15.7 Å². The predicted octanol–water partition coefficient (Wildman–Crippen LogP) is 5.11. The van der Waals surface area contributed by atoms with Gasteiger partial charge in [-0.05, 0) is 54.2 Å². The van der Waals surface area contributed by atoms with E-state index in [2.05, 4.69) is 4.98 Å². The first kappa shape index (κ1) is 27.5. The highest BCUT2D eigenvalue weighted by Gasteiger charge is 2.34. The van der Waals surface area contributed by atoms with Gasteiger partial charge in [0.15, 0.2) is 10.7 Å². The van der Waals surface area contributed by atoms with Crippen LogP contribution in [0, 0.1) is 0 Å². The minimum atomic E-state index is -4.45. The average molecular weight is 559 g/mol. The molecule has 1 aliphatic rings. The third kappa shape index (κ3) is 4.87. The average Bonchev–Trinajstić information content (AvgIpc) is 3.39. The summed E-state index contributed by atoms with van der Waals surface area (Å²) in [4.78, 5) is 29.6. The summed E-state index contributed by atoms with van der Waals surface area (Å²) in [5, 5.41) is 10.8. The number of benzene rings is 3. The number of hydrogen-bond acceptors (Lipinski definition) is 7. The Morgan fingerprint density at radius 1 is 1.02 bits per heavy atom. The second-order valence-electron chi connectivity index (χ2n) is 9.60. The van der Waals surface area contributed by atoms with Crippen molar-refractivity contribution in [3.05, 3.63) is 106 Å². The van der Waals surface area contributed by atoms with Crippen molar-refractivity contribution >= 4 is 15.6 Å². The summed E-state index contributed by atoms with van der Waals surface area (Å²) in [7, 11) is -4.45. The van der Waals surface area contributed by atoms with E-state index >= 15 is 0 Å². The largest absolute Gasteiger partial charge is 0.492 e. The van der Waals surface area contributed by atoms with Gasteiger partial charge in [0.1, 0.15) is 12.4 Å². The Bertz CT molecular complexity index is 1740. The van der Waals surface area contributed by atoms with Gasteiger partial charge in [-0.2, -0.15) is 4.98 Å². The molecule has 0 saturated carbocycles. The molecule has 1 N–H and O–H groups in total. The Morgan fingerprint density at radius 3 is 2.45 bits per heavy atom. The van der Waals surface area contributed by atoms with Crippen molar-refractivity contribution in [3.8, 4) is 17.0 Å². The fraction of sp³-hybridized carbons (Fsp3) is 0.258. The summed E-state index contributed by atoms with van der Waals surface area (Å²) in [6.45, 7) is 3.89. The van der Waals surface area contributed by atoms with Gasteiger partial charge in [-0.3, -0.25) is 14.2 Å². The number of sulfone groups is 1. The van der Waals surface area contributed by atoms with Crippen molar-refractivity contribution in [2.75, 3.05) is 6.61 Å². The number of carbonyl (C=O) groups excluding carboxylic acids is 1. The molecule has 1 atom stereocenters. The van der Waals surface area contributed by atoms with E-state index < -0.39 is 32.2 Å². The molecule has 1 heterocycles. The van der Waals surface area contributed by atoms with Gasteiger partial charge < -0.3 is 9.84 Å². The van der Waals surface area contributed by atoms with Gasteiger partial charge in [-0.1, -0.05) is 67.6 Å². The maximum Gasteiger partial charge on any atom is 0.277 e. The number of fused-ring (bicyclic) bond motifs is 1. The molecule has 0 radical (unpaired) electrons. The lowest BCUT2D eigenvalue weighted by Gasteiger charge is -2.21. The van der Waals surface area contributed by atoms with E-state index in [1.54, 1.807) is 44.2 Å². The Morgan fingerprint density at radius 2 is 1.73 bits per heavy atom. The summed E-state index contributed by atoms with van der Waals surface area (Å²) >= 11 is 0. The van der Waals surface area contributed by atoms with Crippen molar-refractivity contribution in [2.24, 2.45) is 0 Å². The molecule has 4 aromatic rings. The first-order valence-corrected chi connectivity index (χ1v) is 14.7. The zero-order chi connectivity index (χ0) is 28.4. The molecule has 9 heteroatoms. The number of hydrogen-bond donors (Lipinski definition) is 1. The van der Waals surface area contributed by atoms with Gasteiger partial charge in [0.05, 0.1) is 10.9 Å². The highest BCUT2D eigenvalue weighted by Crippen LogP contribution is 2.36. The SMILES string of the molecule is CCOCc1nc(O)c(S(=O)(=O)c2ccc(-c3ccccc3C(=O)CC)cc2)c(=O)n1[C@H]1CCc2ccccc21. The molecular weight excluding hydrogens is 528 g/mol. The fourth-order valence-corrected chi connectivity index (χ4v) is 6.65. The molecule has 206 valence electrons. The van der Waals surface area contributed by atoms with Crippen LogP contribution in [0.3, 0.4) is 0 Å². The predicted molar refractivity (Wildman–Crippen MR) is 150 cm³/mol. The molecule has 5 rings (SSSR count). The summed E-state index contributed by atoms with van der Waals surface area (Å²) < 4.78 is 34.4. The standard InChI is InChI=1S/C31H30N2O6S/c1-3-27(34)25-12-8-7-10-23(25)21-13-16-22(17-14-21)40(37,38)29-30(35)32-28(19-39-4-2)33(31(29)36)26-18-15-20-9-5-6-11-24(20)26/h5-14,16-17,26,35H,3-4,15,18-19H2,1-2H3/t26-/m0/s1. The van der Waals surface area contributed by atoms with Crippen LogP contribution in [0.15, 0.2) is 87.4 Å². The molecule has 1 aromatic heterocycles. The van der Waals surface area contributed by atoms with Crippen LogP contribution in [0.5, 0.6) is 5.88 Å². The second kappa shape index (κ2) is 11.2. The minimum Gasteiger partial charge on any atom is -0.492 e. The zero-order valence-corrected chi connectivity index (χ0v) is 23.1. The van der Waals surface area contributed by atoms with E-state index in [4.69, 9.17) is 4.74 Å². The number of aryl methyl sites for hydroxylation is 1. The number of ketones is 1. The van der Waals surface area contributed by atoms with E-state index in [9.17, 15) is 23.1 Å². The number of ether oxygens (including phenoxy) is 1. The van der Waals surface area contributed by atoms with Crippen LogP contribution in [0.4, 0.5) is 0 Å². The molecule has 3 aromatic carbocycles. The number of nitrogens with zero attached hydrogens (tertiary/aromatic N) is 2. The van der Waals surface area contributed by atoms with E-state index in [1.165, 1.54) is 16.7 Å². The lowest BCUT2D eigenvalue weighted by molar-refractivity contribution is 0.0988. The molecular formula is C31H30N2O6S. The normalized spacial score (nSPS) is 14.7. The minimum absolute atomic E-state index is 0.0236. The lowest BCUT2D eigenvalue weighted by atomic mass is 9.96. The van der Waals surface area contributed by atoms with Gasteiger partial charge >= 0.3 is 0 Å². The van der Waals surface area contributed by atoms with Crippen LogP contribution in [-0.2, 0) is 27.6 Å². The third-order valence-electron chi connectivity index (χ3n) is 7.27. The van der Waals surface area contributed by atoms with E-state index in [1.807, 2.05) is 30.3 Å². The van der Waals surface area contributed by atoms with E-state index in [0.717, 1.165) is 17.5 Å². The van der Waals surface area contributed by atoms with Crippen LogP contribution in [0.1, 0.15) is 60.0 Å². The summed E-state index contributed by atoms with van der Waals surface area (Å²) in [6, 6.07) is 20.3. The fourth-order valence-electron chi connectivity index (χ4n) is 5.30. The highest BCUT2D eigenvalue weighted by atomic mass is 32.2. The Kier molecular flexibility index (Phi) is 7.69. The van der Waals surface area contributed by atoms with Crippen LogP contribution >= 0.6 is 0 Å². The number of aromatic nitrogens is 2. The molecule has 0 saturated heterocycles. The summed E-state index contributed by atoms with van der Waals surface area (Å²) in [5.74, 6) is -0.716. The highest BCUT2D eigenvalue weighted by molar-refractivity contribution is 7.91. The molecule has 0 amide bonds. The molecule has 1 aliphatic carbocycles. The number of carbonyl (C=O) groups is 1. The summed E-state index contributed by atoms with van der Waals surface area (Å²) in [5.41, 5.74) is 3.05. The van der Waals surface area contributed by atoms with E-state index in [0.29, 0.717) is 36.1 Å². The Hall–Kier alpha value is -4.08. The number of rotatable bonds is 9. The zero-order valence-electron chi connectivity index (χ0n) is 22.3. The molecule has 0 fully saturated rings. The molecule has 40 heavy (non-hydrogen) atoms. The smallest absolute Gasteiger partial charge is 0.277 e. The van der Waals surface area contributed by atoms with Crippen molar-refractivity contribution in [2.45, 2.75) is 55.5 Å². The number of Topliss-reactive ketones (excluding diaryl/α,β-unsaturated/α-hetero) is 1. The lowest BCUT2D eigenvalue weighted by Crippen LogP contribution is -2.33. The topological polar surface area (TPSA) is 116 Å². The van der Waals surface area contributed by atoms with Gasteiger partial charge in [0, 0.05) is 18.6 Å². The first-order valence-electron chi connectivity index (χ1n) is 13.3. The molecule has 0 spiro atoms. The maximum absolute atomic E-state index is 13.9. The molecule has 0 unspecified atom stereocenters. The molecule has 8 nitrogen and oxygen atoms in total. The van der Waals surface area contributed by atoms with Crippen LogP contribution in [0.2, 0.25) is 0 Å². The number of aromatic hydroxyl groups is 1. The van der Waals surface area contributed by atoms with Crippen LogP contribution in [0.25, 0.3) is 11.1 Å². The first-order chi connectivity index (χ1) is 19.3. The quantitative estimate of drug-likeness (QED) is 0.284. The van der Waals surface area contributed by atoms with Crippen LogP contribution < -0.4 is 5.56 Å². The maximum atomic E-state index is 13.9. The summed E-state index contributed by atoms with van der Waals surface area (Å²) in [6.07, 6.45) is 1.66. The van der Waals surface area contributed by atoms with Crippen molar-refractivity contribution in [1.29, 1.82) is 0 Å². The van der Waals surface area contributed by atoms with Crippen molar-refractivity contribution in [3.63, 3.8) is 0 Å². The van der Waals surface area contributed by atoms with Crippen LogP contribution in [-0.4, -0.2) is 35.5 Å². The van der Waals surface area contributed by atoms with Crippen molar-refractivity contribution in [1.82, 2.24) is 9.55 Å². The van der Waals surface area contributed by atoms with Gasteiger partial charge in [-0.25, -0.2) is 8.42 Å². The monoisotopic (exact) mass is 558 g/mol. The molecule has 0 aliphatic heterocycles. The van der Waals surface area contributed by atoms with Gasteiger partial charge in [-0.15, -0.1) is 0 Å².